The molecule has 0 aromatic heterocycles. The number of methoxy groups -OCH3 is 1. The molecule has 0 bridgehead atoms. The van der Waals surface area contributed by atoms with Crippen molar-refractivity contribution in [1.29, 1.82) is 0 Å². The fourth-order valence-electron chi connectivity index (χ4n) is 2.48. The van der Waals surface area contributed by atoms with E-state index in [1.165, 1.54) is 0 Å². The van der Waals surface area contributed by atoms with Crippen LogP contribution in [-0.4, -0.2) is 12.2 Å². The summed E-state index contributed by atoms with van der Waals surface area (Å²) in [5.41, 5.74) is 1.68. The maximum atomic E-state index is 10.3. The van der Waals surface area contributed by atoms with Crippen molar-refractivity contribution in [3.63, 3.8) is 0 Å². The first-order valence-corrected chi connectivity index (χ1v) is 6.84. The summed E-state index contributed by atoms with van der Waals surface area (Å²) in [7, 11) is 1.60. The van der Waals surface area contributed by atoms with Crippen molar-refractivity contribution >= 4 is 11.6 Å². The predicted molar refractivity (Wildman–Crippen MR) is 77.4 cm³/mol. The molecule has 2 aromatic carbocycles. The fraction of sp³-hybridized carbons (Fsp3) is 0.250. The Kier molecular flexibility index (Phi) is 3.55. The van der Waals surface area contributed by atoms with E-state index in [1.54, 1.807) is 13.2 Å². The maximum Gasteiger partial charge on any atom is 0.129 e. The molecule has 1 N–H and O–H groups in total. The largest absolute Gasteiger partial charge is 0.497 e. The van der Waals surface area contributed by atoms with Gasteiger partial charge in [-0.15, -0.1) is 0 Å². The van der Waals surface area contributed by atoms with E-state index in [2.05, 4.69) is 0 Å². The van der Waals surface area contributed by atoms with Crippen molar-refractivity contribution in [1.82, 2.24) is 0 Å². The predicted octanol–water partition coefficient (Wildman–Crippen LogP) is 3.91. The molecular formula is C16H15ClO3. The molecule has 1 unspecified atom stereocenters. The average molecular weight is 291 g/mol. The maximum absolute atomic E-state index is 10.3. The van der Waals surface area contributed by atoms with Gasteiger partial charge in [-0.05, 0) is 18.2 Å². The zero-order valence-corrected chi connectivity index (χ0v) is 11.8. The Bertz CT molecular complexity index is 627. The van der Waals surface area contributed by atoms with Gasteiger partial charge in [0.05, 0.1) is 13.2 Å². The second kappa shape index (κ2) is 5.35. The third-order valence-electron chi connectivity index (χ3n) is 3.54. The van der Waals surface area contributed by atoms with Crippen LogP contribution in [0.2, 0.25) is 5.02 Å². The molecule has 1 heterocycles. The Morgan fingerprint density at radius 2 is 2.00 bits per heavy atom. The number of hydrogen-bond acceptors (Lipinski definition) is 3. The van der Waals surface area contributed by atoms with Gasteiger partial charge in [-0.2, -0.15) is 0 Å². The third-order valence-corrected chi connectivity index (χ3v) is 3.88. The van der Waals surface area contributed by atoms with E-state index in [-0.39, 0.29) is 6.10 Å². The van der Waals surface area contributed by atoms with Crippen LogP contribution in [0.4, 0.5) is 0 Å². The molecule has 3 rings (SSSR count). The number of benzene rings is 2. The third kappa shape index (κ3) is 2.35. The number of aliphatic hydroxyl groups is 1. The van der Waals surface area contributed by atoms with E-state index in [1.807, 2.05) is 36.4 Å². The molecule has 0 amide bonds. The van der Waals surface area contributed by atoms with Crippen molar-refractivity contribution in [3.8, 4) is 11.5 Å². The molecule has 0 radical (unpaired) electrons. The molecule has 104 valence electrons. The summed E-state index contributed by atoms with van der Waals surface area (Å²) < 4.78 is 11.2. The van der Waals surface area contributed by atoms with Crippen LogP contribution in [0, 0.1) is 0 Å². The van der Waals surface area contributed by atoms with Crippen LogP contribution in [-0.2, 0) is 0 Å². The van der Waals surface area contributed by atoms with E-state index in [0.29, 0.717) is 22.9 Å². The number of aliphatic hydroxyl groups excluding tert-OH is 1. The molecule has 1 aliphatic rings. The van der Waals surface area contributed by atoms with E-state index in [0.717, 1.165) is 11.1 Å². The summed E-state index contributed by atoms with van der Waals surface area (Å²) >= 11 is 6.20. The Hall–Kier alpha value is -1.71. The molecule has 20 heavy (non-hydrogen) atoms. The van der Waals surface area contributed by atoms with Crippen LogP contribution in [0.5, 0.6) is 11.5 Å². The second-order valence-electron chi connectivity index (χ2n) is 4.78. The summed E-state index contributed by atoms with van der Waals surface area (Å²) in [5, 5.41) is 10.9. The molecule has 3 nitrogen and oxygen atoms in total. The lowest BCUT2D eigenvalue weighted by atomic mass is 9.95. The monoisotopic (exact) mass is 290 g/mol. The summed E-state index contributed by atoms with van der Waals surface area (Å²) in [5.74, 6) is 1.35. The standard InChI is InChI=1S/C16H15ClO3/c1-19-10-6-7-12-14(18)9-16(20-15(12)8-10)11-4-2-3-5-13(11)17/h2-8,14,16,18H,9H2,1H3/t14-,16?/m0/s1. The fourth-order valence-corrected chi connectivity index (χ4v) is 2.73. The van der Waals surface area contributed by atoms with Crippen LogP contribution >= 0.6 is 11.6 Å². The van der Waals surface area contributed by atoms with Gasteiger partial charge in [0.2, 0.25) is 0 Å². The molecule has 1 aliphatic heterocycles. The van der Waals surface area contributed by atoms with E-state index < -0.39 is 6.10 Å². The van der Waals surface area contributed by atoms with Gasteiger partial charge in [-0.3, -0.25) is 0 Å². The minimum atomic E-state index is -0.564. The lowest BCUT2D eigenvalue weighted by molar-refractivity contribution is 0.0655. The smallest absolute Gasteiger partial charge is 0.129 e. The highest BCUT2D eigenvalue weighted by Crippen LogP contribution is 2.43. The lowest BCUT2D eigenvalue weighted by Gasteiger charge is -2.30. The zero-order valence-electron chi connectivity index (χ0n) is 11.0. The first kappa shape index (κ1) is 13.3. The van der Waals surface area contributed by atoms with Crippen LogP contribution in [0.1, 0.15) is 29.8 Å². The second-order valence-corrected chi connectivity index (χ2v) is 5.19. The van der Waals surface area contributed by atoms with Gasteiger partial charge >= 0.3 is 0 Å². The lowest BCUT2D eigenvalue weighted by Crippen LogP contribution is -2.19. The minimum Gasteiger partial charge on any atom is -0.497 e. The highest BCUT2D eigenvalue weighted by Gasteiger charge is 2.29. The summed E-state index contributed by atoms with van der Waals surface area (Å²) in [6.07, 6.45) is -0.326. The Balaban J connectivity index is 1.97. The average Bonchev–Trinajstić information content (AvgIpc) is 2.47. The molecule has 0 saturated heterocycles. The SMILES string of the molecule is COc1ccc2c(c1)OC(c1ccccc1Cl)C[C@@H]2O. The van der Waals surface area contributed by atoms with Gasteiger partial charge in [0, 0.05) is 28.6 Å². The van der Waals surface area contributed by atoms with Gasteiger partial charge in [-0.1, -0.05) is 29.8 Å². The number of ether oxygens (including phenoxy) is 2. The first-order chi connectivity index (χ1) is 9.69. The van der Waals surface area contributed by atoms with Crippen molar-refractivity contribution in [3.05, 3.63) is 58.6 Å². The van der Waals surface area contributed by atoms with E-state index >= 15 is 0 Å². The Morgan fingerprint density at radius 1 is 1.20 bits per heavy atom. The van der Waals surface area contributed by atoms with E-state index in [9.17, 15) is 5.11 Å². The van der Waals surface area contributed by atoms with Crippen molar-refractivity contribution in [2.75, 3.05) is 7.11 Å². The van der Waals surface area contributed by atoms with E-state index in [4.69, 9.17) is 21.1 Å². The minimum absolute atomic E-state index is 0.252. The molecule has 4 heteroatoms. The number of fused-ring (bicyclic) bond motifs is 1. The summed E-state index contributed by atoms with van der Waals surface area (Å²) in [6, 6.07) is 13.0. The number of rotatable bonds is 2. The molecule has 2 atom stereocenters. The van der Waals surface area contributed by atoms with Gasteiger partial charge in [-0.25, -0.2) is 0 Å². The van der Waals surface area contributed by atoms with Crippen LogP contribution in [0.3, 0.4) is 0 Å². The number of hydrogen-bond donors (Lipinski definition) is 1. The van der Waals surface area contributed by atoms with Crippen molar-refractivity contribution in [2.24, 2.45) is 0 Å². The quantitative estimate of drug-likeness (QED) is 0.911. The van der Waals surface area contributed by atoms with Crippen LogP contribution in [0.15, 0.2) is 42.5 Å². The summed E-state index contributed by atoms with van der Waals surface area (Å²) in [4.78, 5) is 0. The molecule has 0 fully saturated rings. The first-order valence-electron chi connectivity index (χ1n) is 6.46. The molecule has 0 spiro atoms. The highest BCUT2D eigenvalue weighted by atomic mass is 35.5. The molecule has 0 aliphatic carbocycles. The Labute approximate surface area is 122 Å². The summed E-state index contributed by atoms with van der Waals surface area (Å²) in [6.45, 7) is 0. The van der Waals surface area contributed by atoms with Crippen LogP contribution < -0.4 is 9.47 Å². The van der Waals surface area contributed by atoms with Gasteiger partial charge < -0.3 is 14.6 Å². The van der Waals surface area contributed by atoms with Crippen LogP contribution in [0.25, 0.3) is 0 Å². The Morgan fingerprint density at radius 3 is 2.75 bits per heavy atom. The molecule has 0 saturated carbocycles. The highest BCUT2D eigenvalue weighted by molar-refractivity contribution is 6.31. The molecule has 2 aromatic rings. The van der Waals surface area contributed by atoms with Crippen molar-refractivity contribution in [2.45, 2.75) is 18.6 Å². The molecular weight excluding hydrogens is 276 g/mol. The van der Waals surface area contributed by atoms with Gasteiger partial charge in [0.15, 0.2) is 0 Å². The van der Waals surface area contributed by atoms with Crippen molar-refractivity contribution < 1.29 is 14.6 Å². The van der Waals surface area contributed by atoms with Gasteiger partial charge in [0.25, 0.3) is 0 Å². The topological polar surface area (TPSA) is 38.7 Å². The normalized spacial score (nSPS) is 20.9. The number of halogens is 1. The van der Waals surface area contributed by atoms with Gasteiger partial charge in [0.1, 0.15) is 17.6 Å². The zero-order chi connectivity index (χ0) is 14.1.